The van der Waals surface area contributed by atoms with E-state index in [-0.39, 0.29) is 0 Å². The minimum Gasteiger partial charge on any atom is -0.512 e. The number of aliphatic hydroxyl groups is 1. The molecule has 1 nitrogen and oxygen atoms in total. The molecule has 0 saturated heterocycles. The summed E-state index contributed by atoms with van der Waals surface area (Å²) in [6.07, 6.45) is 8.75. The average Bonchev–Trinajstić information content (AvgIpc) is 1.94. The SMILES string of the molecule is OC1=CCCC=CC1. The van der Waals surface area contributed by atoms with E-state index in [1.807, 2.05) is 12.2 Å². The van der Waals surface area contributed by atoms with Gasteiger partial charge in [0.2, 0.25) is 0 Å². The summed E-state index contributed by atoms with van der Waals surface area (Å²) in [6, 6.07) is 0. The number of hydrogen-bond donors (Lipinski definition) is 1. The highest BCUT2D eigenvalue weighted by Gasteiger charge is 1.91. The second-order valence-corrected chi connectivity index (χ2v) is 1.95. The van der Waals surface area contributed by atoms with Crippen molar-refractivity contribution in [2.45, 2.75) is 19.3 Å². The molecule has 8 heavy (non-hydrogen) atoms. The fourth-order valence-electron chi connectivity index (χ4n) is 0.751. The molecule has 44 valence electrons. The van der Waals surface area contributed by atoms with Crippen LogP contribution in [0.1, 0.15) is 19.3 Å². The maximum absolute atomic E-state index is 8.90. The highest BCUT2D eigenvalue weighted by Crippen LogP contribution is 2.06. The van der Waals surface area contributed by atoms with Gasteiger partial charge in [-0.1, -0.05) is 12.2 Å². The minimum absolute atomic E-state index is 0.513. The fourth-order valence-corrected chi connectivity index (χ4v) is 0.751. The monoisotopic (exact) mass is 110 g/mol. The van der Waals surface area contributed by atoms with Crippen molar-refractivity contribution in [2.75, 3.05) is 0 Å². The van der Waals surface area contributed by atoms with Crippen LogP contribution in [0.2, 0.25) is 0 Å². The molecular formula is C7H10O. The van der Waals surface area contributed by atoms with Crippen LogP contribution in [-0.2, 0) is 0 Å². The van der Waals surface area contributed by atoms with E-state index in [4.69, 9.17) is 5.11 Å². The van der Waals surface area contributed by atoms with Gasteiger partial charge < -0.3 is 5.11 Å². The van der Waals surface area contributed by atoms with Crippen LogP contribution in [0.3, 0.4) is 0 Å². The highest BCUT2D eigenvalue weighted by atomic mass is 16.3. The molecule has 0 bridgehead atoms. The van der Waals surface area contributed by atoms with E-state index in [1.54, 1.807) is 0 Å². The van der Waals surface area contributed by atoms with Crippen LogP contribution in [0, 0.1) is 0 Å². The zero-order valence-electron chi connectivity index (χ0n) is 4.80. The van der Waals surface area contributed by atoms with E-state index >= 15 is 0 Å². The summed E-state index contributed by atoms with van der Waals surface area (Å²) in [6.45, 7) is 0. The summed E-state index contributed by atoms with van der Waals surface area (Å²) >= 11 is 0. The Kier molecular flexibility index (Phi) is 1.73. The average molecular weight is 110 g/mol. The molecule has 1 heteroatoms. The standard InChI is InChI=1S/C7H10O/c8-7-5-3-1-2-4-6-7/h1,3,6,8H,2,4-5H2. The molecule has 0 heterocycles. The Hall–Kier alpha value is -0.720. The lowest BCUT2D eigenvalue weighted by Crippen LogP contribution is -1.73. The van der Waals surface area contributed by atoms with E-state index in [0.29, 0.717) is 5.76 Å². The van der Waals surface area contributed by atoms with Crippen molar-refractivity contribution in [3.63, 3.8) is 0 Å². The zero-order valence-corrected chi connectivity index (χ0v) is 4.80. The van der Waals surface area contributed by atoms with Gasteiger partial charge in [-0.25, -0.2) is 0 Å². The van der Waals surface area contributed by atoms with Gasteiger partial charge in [0.15, 0.2) is 0 Å². The van der Waals surface area contributed by atoms with Crippen LogP contribution < -0.4 is 0 Å². The van der Waals surface area contributed by atoms with Crippen molar-refractivity contribution in [3.8, 4) is 0 Å². The first-order valence-electron chi connectivity index (χ1n) is 2.92. The third-order valence-electron chi connectivity index (χ3n) is 1.21. The van der Waals surface area contributed by atoms with Crippen molar-refractivity contribution < 1.29 is 5.11 Å². The second kappa shape index (κ2) is 2.55. The number of aliphatic hydroxyl groups excluding tert-OH is 1. The fraction of sp³-hybridized carbons (Fsp3) is 0.429. The first-order chi connectivity index (χ1) is 3.89. The van der Waals surface area contributed by atoms with Crippen molar-refractivity contribution >= 4 is 0 Å². The molecule has 1 N–H and O–H groups in total. The van der Waals surface area contributed by atoms with Crippen molar-refractivity contribution in [2.24, 2.45) is 0 Å². The second-order valence-electron chi connectivity index (χ2n) is 1.95. The van der Waals surface area contributed by atoms with Crippen LogP contribution in [0.5, 0.6) is 0 Å². The predicted octanol–water partition coefficient (Wildman–Crippen LogP) is 2.17. The summed E-state index contributed by atoms with van der Waals surface area (Å²) in [5.74, 6) is 0.513. The summed E-state index contributed by atoms with van der Waals surface area (Å²) in [4.78, 5) is 0. The Morgan fingerprint density at radius 2 is 2.12 bits per heavy atom. The van der Waals surface area contributed by atoms with Gasteiger partial charge >= 0.3 is 0 Å². The molecule has 0 radical (unpaired) electrons. The number of allylic oxidation sites excluding steroid dienone is 3. The molecule has 0 saturated carbocycles. The summed E-state index contributed by atoms with van der Waals surface area (Å²) < 4.78 is 0. The lowest BCUT2D eigenvalue weighted by atomic mass is 10.3. The van der Waals surface area contributed by atoms with E-state index < -0.39 is 0 Å². The zero-order chi connectivity index (χ0) is 5.82. The molecule has 0 spiro atoms. The molecule has 0 atom stereocenters. The van der Waals surface area contributed by atoms with Crippen LogP contribution in [0.4, 0.5) is 0 Å². The highest BCUT2D eigenvalue weighted by molar-refractivity contribution is 5.03. The van der Waals surface area contributed by atoms with E-state index in [1.165, 1.54) is 0 Å². The van der Waals surface area contributed by atoms with Crippen LogP contribution >= 0.6 is 0 Å². The first-order valence-corrected chi connectivity index (χ1v) is 2.92. The Labute approximate surface area is 49.3 Å². The third kappa shape index (κ3) is 1.41. The molecule has 0 unspecified atom stereocenters. The smallest absolute Gasteiger partial charge is 0.0920 e. The maximum Gasteiger partial charge on any atom is 0.0920 e. The van der Waals surface area contributed by atoms with Gasteiger partial charge in [0.25, 0.3) is 0 Å². The largest absolute Gasteiger partial charge is 0.512 e. The van der Waals surface area contributed by atoms with Crippen LogP contribution in [0.15, 0.2) is 24.0 Å². The van der Waals surface area contributed by atoms with E-state index in [0.717, 1.165) is 19.3 Å². The quantitative estimate of drug-likeness (QED) is 0.474. The molecule has 0 amide bonds. The molecule has 1 aliphatic carbocycles. The van der Waals surface area contributed by atoms with Gasteiger partial charge in [0.1, 0.15) is 0 Å². The van der Waals surface area contributed by atoms with E-state index in [2.05, 4.69) is 6.08 Å². The Morgan fingerprint density at radius 1 is 1.25 bits per heavy atom. The molecule has 1 aliphatic rings. The number of hydrogen-bond acceptors (Lipinski definition) is 1. The maximum atomic E-state index is 8.90. The third-order valence-corrected chi connectivity index (χ3v) is 1.21. The number of rotatable bonds is 0. The lowest BCUT2D eigenvalue weighted by molar-refractivity contribution is 0.399. The Bertz CT molecular complexity index is 122. The minimum atomic E-state index is 0.513. The molecule has 1 rings (SSSR count). The Balaban J connectivity index is 2.51. The van der Waals surface area contributed by atoms with Gasteiger partial charge in [0, 0.05) is 6.42 Å². The van der Waals surface area contributed by atoms with Crippen LogP contribution in [0.25, 0.3) is 0 Å². The summed E-state index contributed by atoms with van der Waals surface area (Å²) in [5, 5.41) is 8.90. The molecule has 0 aromatic carbocycles. The van der Waals surface area contributed by atoms with Gasteiger partial charge in [-0.2, -0.15) is 0 Å². The van der Waals surface area contributed by atoms with Gasteiger partial charge in [-0.15, -0.1) is 0 Å². The molecule has 0 aliphatic heterocycles. The summed E-state index contributed by atoms with van der Waals surface area (Å²) in [5.41, 5.74) is 0. The van der Waals surface area contributed by atoms with Crippen molar-refractivity contribution in [1.82, 2.24) is 0 Å². The van der Waals surface area contributed by atoms with Crippen molar-refractivity contribution in [3.05, 3.63) is 24.0 Å². The van der Waals surface area contributed by atoms with Crippen molar-refractivity contribution in [1.29, 1.82) is 0 Å². The molecule has 0 fully saturated rings. The predicted molar refractivity (Wildman–Crippen MR) is 33.7 cm³/mol. The molecule has 0 aromatic rings. The topological polar surface area (TPSA) is 20.2 Å². The van der Waals surface area contributed by atoms with Gasteiger partial charge in [-0.05, 0) is 18.9 Å². The normalized spacial score (nSPS) is 19.8. The summed E-state index contributed by atoms with van der Waals surface area (Å²) in [7, 11) is 0. The van der Waals surface area contributed by atoms with E-state index in [9.17, 15) is 0 Å². The Morgan fingerprint density at radius 3 is 3.00 bits per heavy atom. The molecule has 0 aromatic heterocycles. The molecular weight excluding hydrogens is 100 g/mol. The first kappa shape index (κ1) is 5.42. The van der Waals surface area contributed by atoms with Gasteiger partial charge in [-0.3, -0.25) is 0 Å². The van der Waals surface area contributed by atoms with Gasteiger partial charge in [0.05, 0.1) is 5.76 Å². The van der Waals surface area contributed by atoms with Crippen LogP contribution in [-0.4, -0.2) is 5.11 Å². The lowest BCUT2D eigenvalue weighted by Gasteiger charge is -1.87.